The Balaban J connectivity index is 1.41. The zero-order valence-corrected chi connectivity index (χ0v) is 20.2. The zero-order chi connectivity index (χ0) is 23.2. The van der Waals surface area contributed by atoms with Crippen molar-refractivity contribution in [2.45, 2.75) is 24.9 Å². The second kappa shape index (κ2) is 8.44. The highest BCUT2D eigenvalue weighted by Crippen LogP contribution is 2.42. The second-order valence-corrected chi connectivity index (χ2v) is 9.95. The van der Waals surface area contributed by atoms with Crippen LogP contribution in [0, 0.1) is 0 Å². The minimum atomic E-state index is -0.507. The third-order valence-corrected chi connectivity index (χ3v) is 7.51. The first-order valence-electron chi connectivity index (χ1n) is 11.6. The SMILES string of the molecule is O=C1[C@@H]2Cc3c([nH]c4ccccc34)[C@H](c3cccc(Br)c3)N2C(=O)CN1CCc1ccccc1. The molecule has 1 fully saturated rings. The number of aromatic nitrogens is 1. The van der Waals surface area contributed by atoms with E-state index in [-0.39, 0.29) is 24.4 Å². The summed E-state index contributed by atoms with van der Waals surface area (Å²) < 4.78 is 0.949. The molecule has 2 aliphatic rings. The highest BCUT2D eigenvalue weighted by molar-refractivity contribution is 9.10. The maximum absolute atomic E-state index is 13.8. The van der Waals surface area contributed by atoms with Crippen molar-refractivity contribution in [1.29, 1.82) is 0 Å². The molecule has 5 nitrogen and oxygen atoms in total. The van der Waals surface area contributed by atoms with Gasteiger partial charge in [0, 0.05) is 34.0 Å². The molecule has 0 bridgehead atoms. The number of hydrogen-bond acceptors (Lipinski definition) is 2. The van der Waals surface area contributed by atoms with Gasteiger partial charge in [0.25, 0.3) is 0 Å². The number of H-pyrrole nitrogens is 1. The normalized spacial score (nSPS) is 19.9. The van der Waals surface area contributed by atoms with E-state index in [1.807, 2.05) is 59.5 Å². The number of benzene rings is 3. The van der Waals surface area contributed by atoms with Gasteiger partial charge in [-0.05, 0) is 41.3 Å². The van der Waals surface area contributed by atoms with E-state index in [0.717, 1.165) is 38.6 Å². The van der Waals surface area contributed by atoms with Crippen molar-refractivity contribution in [3.05, 3.63) is 106 Å². The van der Waals surface area contributed by atoms with E-state index >= 15 is 0 Å². The maximum Gasteiger partial charge on any atom is 0.246 e. The lowest BCUT2D eigenvalue weighted by Gasteiger charge is -2.47. The van der Waals surface area contributed by atoms with E-state index in [9.17, 15) is 9.59 Å². The van der Waals surface area contributed by atoms with E-state index in [1.165, 1.54) is 5.56 Å². The molecule has 0 radical (unpaired) electrons. The Morgan fingerprint density at radius 1 is 0.941 bits per heavy atom. The summed E-state index contributed by atoms with van der Waals surface area (Å²) in [6.07, 6.45) is 1.26. The number of hydrogen-bond donors (Lipinski definition) is 1. The van der Waals surface area contributed by atoms with Gasteiger partial charge in [0.05, 0.1) is 12.6 Å². The van der Waals surface area contributed by atoms with Crippen molar-refractivity contribution >= 4 is 38.6 Å². The van der Waals surface area contributed by atoms with Crippen molar-refractivity contribution < 1.29 is 9.59 Å². The topological polar surface area (TPSA) is 56.4 Å². The molecular weight excluding hydrogens is 490 g/mol. The third-order valence-electron chi connectivity index (χ3n) is 7.02. The van der Waals surface area contributed by atoms with Crippen LogP contribution in [0.4, 0.5) is 0 Å². The number of rotatable bonds is 4. The van der Waals surface area contributed by atoms with Gasteiger partial charge in [-0.3, -0.25) is 9.59 Å². The minimum absolute atomic E-state index is 0.00746. The van der Waals surface area contributed by atoms with Crippen LogP contribution in [-0.4, -0.2) is 45.7 Å². The third kappa shape index (κ3) is 3.53. The number of amides is 2. The summed E-state index contributed by atoms with van der Waals surface area (Å²) in [5.74, 6) is 0.0263. The van der Waals surface area contributed by atoms with Gasteiger partial charge in [-0.25, -0.2) is 0 Å². The molecule has 0 saturated carbocycles. The Morgan fingerprint density at radius 3 is 2.56 bits per heavy atom. The Hall–Kier alpha value is -3.38. The van der Waals surface area contributed by atoms with Crippen molar-refractivity contribution in [3.63, 3.8) is 0 Å². The summed E-state index contributed by atoms with van der Waals surface area (Å²) in [6, 6.07) is 25.5. The molecule has 2 amide bonds. The van der Waals surface area contributed by atoms with Crippen LogP contribution in [0.25, 0.3) is 10.9 Å². The van der Waals surface area contributed by atoms with Crippen LogP contribution < -0.4 is 0 Å². The molecule has 3 aromatic carbocycles. The number of piperazine rings is 1. The number of halogens is 1. The fraction of sp³-hybridized carbons (Fsp3) is 0.214. The van der Waals surface area contributed by atoms with Crippen LogP contribution in [0.1, 0.15) is 28.4 Å². The number of nitrogens with zero attached hydrogens (tertiary/aromatic N) is 2. The van der Waals surface area contributed by atoms with Gasteiger partial charge in [0.1, 0.15) is 6.04 Å². The number of nitrogens with one attached hydrogen (secondary N) is 1. The lowest BCUT2D eigenvalue weighted by Crippen LogP contribution is -2.63. The van der Waals surface area contributed by atoms with Crippen LogP contribution in [0.5, 0.6) is 0 Å². The van der Waals surface area contributed by atoms with Gasteiger partial charge in [0.15, 0.2) is 0 Å². The van der Waals surface area contributed by atoms with Crippen LogP contribution in [0.15, 0.2) is 83.3 Å². The van der Waals surface area contributed by atoms with Crippen molar-refractivity contribution in [3.8, 4) is 0 Å². The maximum atomic E-state index is 13.8. The second-order valence-electron chi connectivity index (χ2n) is 9.04. The highest BCUT2D eigenvalue weighted by atomic mass is 79.9. The summed E-state index contributed by atoms with van der Waals surface area (Å²) in [6.45, 7) is 0.656. The quantitative estimate of drug-likeness (QED) is 0.423. The molecule has 170 valence electrons. The van der Waals surface area contributed by atoms with Gasteiger partial charge < -0.3 is 14.8 Å². The lowest BCUT2D eigenvalue weighted by molar-refractivity contribution is -0.158. The average molecular weight is 514 g/mol. The van der Waals surface area contributed by atoms with Crippen LogP contribution in [0.2, 0.25) is 0 Å². The lowest BCUT2D eigenvalue weighted by atomic mass is 9.86. The van der Waals surface area contributed by atoms with Crippen molar-refractivity contribution in [1.82, 2.24) is 14.8 Å². The predicted octanol–water partition coefficient (Wildman–Crippen LogP) is 4.86. The molecular formula is C28H24BrN3O2. The largest absolute Gasteiger partial charge is 0.356 e. The monoisotopic (exact) mass is 513 g/mol. The van der Waals surface area contributed by atoms with Crippen LogP contribution in [0.3, 0.4) is 0 Å². The Morgan fingerprint density at radius 2 is 1.74 bits per heavy atom. The Bertz CT molecular complexity index is 1400. The van der Waals surface area contributed by atoms with E-state index in [1.54, 1.807) is 4.90 Å². The Labute approximate surface area is 206 Å². The van der Waals surface area contributed by atoms with Gasteiger partial charge >= 0.3 is 0 Å². The first-order chi connectivity index (χ1) is 16.6. The standard InChI is InChI=1S/C28H24BrN3O2/c29-20-10-6-9-19(15-20)27-26-22(21-11-4-5-12-23(21)30-26)16-24-28(34)31(17-25(33)32(24)27)14-13-18-7-2-1-3-8-18/h1-12,15,24,27,30H,13-14,16-17H2/t24-,27-/m0/s1. The summed E-state index contributed by atoms with van der Waals surface area (Å²) in [5.41, 5.74) is 5.33. The number of fused-ring (bicyclic) bond motifs is 4. The fourth-order valence-corrected chi connectivity index (χ4v) is 5.86. The van der Waals surface area contributed by atoms with Crippen LogP contribution in [-0.2, 0) is 22.4 Å². The molecule has 2 atom stereocenters. The number of aromatic amines is 1. The molecule has 6 rings (SSSR count). The van der Waals surface area contributed by atoms with Crippen molar-refractivity contribution in [2.24, 2.45) is 0 Å². The van der Waals surface area contributed by atoms with E-state index in [2.05, 4.69) is 45.2 Å². The predicted molar refractivity (Wildman–Crippen MR) is 135 cm³/mol. The molecule has 0 spiro atoms. The summed E-state index contributed by atoms with van der Waals surface area (Å²) >= 11 is 3.58. The molecule has 4 aromatic rings. The Kier molecular flexibility index (Phi) is 5.26. The van der Waals surface area contributed by atoms with Gasteiger partial charge in [0.2, 0.25) is 11.8 Å². The van der Waals surface area contributed by atoms with Gasteiger partial charge in [-0.2, -0.15) is 0 Å². The zero-order valence-electron chi connectivity index (χ0n) is 18.6. The minimum Gasteiger partial charge on any atom is -0.356 e. The van der Waals surface area contributed by atoms with Crippen LogP contribution >= 0.6 is 15.9 Å². The highest BCUT2D eigenvalue weighted by Gasteiger charge is 2.48. The summed E-state index contributed by atoms with van der Waals surface area (Å²) in [5, 5.41) is 1.12. The molecule has 2 aliphatic heterocycles. The number of carbonyl (C=O) groups excluding carboxylic acids is 2. The smallest absolute Gasteiger partial charge is 0.246 e. The fourth-order valence-electron chi connectivity index (χ4n) is 5.44. The molecule has 34 heavy (non-hydrogen) atoms. The number of para-hydroxylation sites is 1. The van der Waals surface area contributed by atoms with E-state index in [0.29, 0.717) is 13.0 Å². The first kappa shape index (κ1) is 21.2. The molecule has 3 heterocycles. The van der Waals surface area contributed by atoms with E-state index < -0.39 is 6.04 Å². The average Bonchev–Trinajstić information content (AvgIpc) is 3.23. The number of carbonyl (C=O) groups is 2. The molecule has 0 aliphatic carbocycles. The molecule has 0 unspecified atom stereocenters. The van der Waals surface area contributed by atoms with E-state index in [4.69, 9.17) is 0 Å². The van der Waals surface area contributed by atoms with Crippen molar-refractivity contribution in [2.75, 3.05) is 13.1 Å². The summed E-state index contributed by atoms with van der Waals surface area (Å²) in [7, 11) is 0. The first-order valence-corrected chi connectivity index (χ1v) is 12.4. The molecule has 6 heteroatoms. The summed E-state index contributed by atoms with van der Waals surface area (Å²) in [4.78, 5) is 34.5. The molecule has 1 saturated heterocycles. The van der Waals surface area contributed by atoms with Gasteiger partial charge in [-0.1, -0.05) is 76.6 Å². The molecule has 1 N–H and O–H groups in total. The van der Waals surface area contributed by atoms with Gasteiger partial charge in [-0.15, -0.1) is 0 Å². The molecule has 1 aromatic heterocycles.